The van der Waals surface area contributed by atoms with E-state index in [-0.39, 0.29) is 12.0 Å². The van der Waals surface area contributed by atoms with Crippen molar-refractivity contribution in [1.29, 1.82) is 0 Å². The molecule has 2 aliphatic rings. The Morgan fingerprint density at radius 1 is 1.00 bits per heavy atom. The molecule has 0 spiro atoms. The molecule has 0 N–H and O–H groups in total. The first-order chi connectivity index (χ1) is 14.7. The lowest BCUT2D eigenvalue weighted by molar-refractivity contribution is -0.140. The van der Waals surface area contributed by atoms with Gasteiger partial charge in [0.2, 0.25) is 6.10 Å². The van der Waals surface area contributed by atoms with Crippen LogP contribution in [0.3, 0.4) is 0 Å². The van der Waals surface area contributed by atoms with Crippen LogP contribution >= 0.6 is 0 Å². The third-order valence-electron chi connectivity index (χ3n) is 5.52. The fourth-order valence-corrected chi connectivity index (χ4v) is 3.82. The molecule has 2 atom stereocenters. The Bertz CT molecular complexity index is 840. The number of amides is 1. The van der Waals surface area contributed by atoms with Gasteiger partial charge in [-0.15, -0.1) is 0 Å². The van der Waals surface area contributed by atoms with Crippen LogP contribution < -0.4 is 4.74 Å². The van der Waals surface area contributed by atoms with Crippen molar-refractivity contribution in [2.75, 3.05) is 26.3 Å². The molecule has 6 nitrogen and oxygen atoms in total. The van der Waals surface area contributed by atoms with Gasteiger partial charge in [-0.1, -0.05) is 30.3 Å². The Balaban J connectivity index is 1.42. The number of carbonyl (C=O) groups is 2. The predicted octanol–water partition coefficient (Wildman–Crippen LogP) is 3.76. The molecule has 0 saturated carbocycles. The van der Waals surface area contributed by atoms with Crippen molar-refractivity contribution in [3.8, 4) is 5.75 Å². The van der Waals surface area contributed by atoms with Crippen LogP contribution in [0.2, 0.25) is 0 Å². The van der Waals surface area contributed by atoms with Crippen LogP contribution in [-0.4, -0.2) is 49.2 Å². The minimum Gasteiger partial charge on any atom is -0.491 e. The number of rotatable bonds is 7. The van der Waals surface area contributed by atoms with Crippen molar-refractivity contribution in [2.24, 2.45) is 0 Å². The van der Waals surface area contributed by atoms with Crippen molar-refractivity contribution < 1.29 is 23.8 Å². The number of carbonyl (C=O) groups excluding carboxylic acids is 2. The average molecular weight is 409 g/mol. The molecule has 2 aromatic carbocycles. The topological polar surface area (TPSA) is 65.1 Å². The summed E-state index contributed by atoms with van der Waals surface area (Å²) in [7, 11) is 0. The van der Waals surface area contributed by atoms with Gasteiger partial charge in [-0.2, -0.15) is 0 Å². The van der Waals surface area contributed by atoms with Crippen molar-refractivity contribution >= 4 is 11.9 Å². The van der Waals surface area contributed by atoms with E-state index >= 15 is 0 Å². The van der Waals surface area contributed by atoms with Crippen molar-refractivity contribution in [1.82, 2.24) is 4.90 Å². The smallest absolute Gasteiger partial charge is 0.339 e. The van der Waals surface area contributed by atoms with E-state index in [0.29, 0.717) is 36.6 Å². The van der Waals surface area contributed by atoms with E-state index in [0.717, 1.165) is 32.3 Å². The molecule has 4 rings (SSSR count). The van der Waals surface area contributed by atoms with Crippen LogP contribution in [0.25, 0.3) is 0 Å². The van der Waals surface area contributed by atoms with Crippen LogP contribution in [0, 0.1) is 0 Å². The Hall–Kier alpha value is -2.86. The standard InChI is InChI=1S/C24H27NO5/c26-23(25-14-4-5-15-25)22(18-7-2-1-3-8-18)30-24(27)19-10-12-20(13-11-19)29-17-21-9-6-16-28-21/h1-3,7-8,10-13,21-22H,4-6,9,14-17H2/t21-,22+/m1/s1. The van der Waals surface area contributed by atoms with E-state index in [4.69, 9.17) is 14.2 Å². The first-order valence-corrected chi connectivity index (χ1v) is 10.6. The minimum absolute atomic E-state index is 0.137. The highest BCUT2D eigenvalue weighted by Gasteiger charge is 2.31. The highest BCUT2D eigenvalue weighted by atomic mass is 16.5. The second-order valence-corrected chi connectivity index (χ2v) is 7.70. The van der Waals surface area contributed by atoms with Gasteiger partial charge < -0.3 is 19.1 Å². The summed E-state index contributed by atoms with van der Waals surface area (Å²) in [5, 5.41) is 0. The van der Waals surface area contributed by atoms with Crippen LogP contribution in [0.5, 0.6) is 5.75 Å². The van der Waals surface area contributed by atoms with Gasteiger partial charge in [-0.25, -0.2) is 4.79 Å². The Morgan fingerprint density at radius 2 is 1.73 bits per heavy atom. The largest absolute Gasteiger partial charge is 0.491 e. The zero-order valence-electron chi connectivity index (χ0n) is 17.0. The summed E-state index contributed by atoms with van der Waals surface area (Å²) in [6.45, 7) is 2.70. The maximum absolute atomic E-state index is 13.0. The number of nitrogens with zero attached hydrogens (tertiary/aromatic N) is 1. The Labute approximate surface area is 176 Å². The van der Waals surface area contributed by atoms with E-state index in [9.17, 15) is 9.59 Å². The molecule has 158 valence electrons. The minimum atomic E-state index is -0.938. The first kappa shape index (κ1) is 20.4. The molecule has 2 aromatic rings. The van der Waals surface area contributed by atoms with Gasteiger partial charge in [0.25, 0.3) is 5.91 Å². The molecule has 0 aromatic heterocycles. The number of likely N-dealkylation sites (tertiary alicyclic amines) is 1. The van der Waals surface area contributed by atoms with E-state index in [2.05, 4.69) is 0 Å². The lowest BCUT2D eigenvalue weighted by Gasteiger charge is -2.23. The van der Waals surface area contributed by atoms with Crippen molar-refractivity contribution in [3.63, 3.8) is 0 Å². The Kier molecular flexibility index (Phi) is 6.64. The van der Waals surface area contributed by atoms with Crippen LogP contribution in [0.15, 0.2) is 54.6 Å². The highest BCUT2D eigenvalue weighted by Crippen LogP contribution is 2.25. The van der Waals surface area contributed by atoms with Crippen molar-refractivity contribution in [2.45, 2.75) is 37.9 Å². The molecule has 0 radical (unpaired) electrons. The second-order valence-electron chi connectivity index (χ2n) is 7.70. The van der Waals surface area contributed by atoms with Crippen LogP contribution in [-0.2, 0) is 14.3 Å². The molecule has 2 fully saturated rings. The highest BCUT2D eigenvalue weighted by molar-refractivity contribution is 5.92. The van der Waals surface area contributed by atoms with Gasteiger partial charge in [-0.3, -0.25) is 4.79 Å². The molecular formula is C24H27NO5. The lowest BCUT2D eigenvalue weighted by atomic mass is 10.1. The summed E-state index contributed by atoms with van der Waals surface area (Å²) in [6, 6.07) is 16.0. The summed E-state index contributed by atoms with van der Waals surface area (Å²) in [5.41, 5.74) is 1.06. The zero-order valence-corrected chi connectivity index (χ0v) is 17.0. The van der Waals surface area contributed by atoms with E-state index in [1.165, 1.54) is 0 Å². The van der Waals surface area contributed by atoms with Gasteiger partial charge in [0, 0.05) is 25.3 Å². The maximum Gasteiger partial charge on any atom is 0.339 e. The molecule has 6 heteroatoms. The molecule has 2 saturated heterocycles. The Morgan fingerprint density at radius 3 is 2.40 bits per heavy atom. The summed E-state index contributed by atoms with van der Waals surface area (Å²) >= 11 is 0. The number of hydrogen-bond acceptors (Lipinski definition) is 5. The summed E-state index contributed by atoms with van der Waals surface area (Å²) in [5.74, 6) is -0.0135. The van der Waals surface area contributed by atoms with Crippen molar-refractivity contribution in [3.05, 3.63) is 65.7 Å². The van der Waals surface area contributed by atoms with Gasteiger partial charge in [0.1, 0.15) is 12.4 Å². The normalized spacial score (nSPS) is 19.5. The summed E-state index contributed by atoms with van der Waals surface area (Å²) in [6.07, 6.45) is 3.24. The fourth-order valence-electron chi connectivity index (χ4n) is 3.82. The van der Waals surface area contributed by atoms with E-state index in [1.807, 2.05) is 30.3 Å². The lowest BCUT2D eigenvalue weighted by Crippen LogP contribution is -2.34. The van der Waals surface area contributed by atoms with Gasteiger partial charge in [0.05, 0.1) is 11.7 Å². The predicted molar refractivity (Wildman–Crippen MR) is 111 cm³/mol. The monoisotopic (exact) mass is 409 g/mol. The second kappa shape index (κ2) is 9.76. The number of benzene rings is 2. The fraction of sp³-hybridized carbons (Fsp3) is 0.417. The molecule has 0 aliphatic carbocycles. The molecule has 2 heterocycles. The van der Waals surface area contributed by atoms with Gasteiger partial charge >= 0.3 is 5.97 Å². The third-order valence-corrected chi connectivity index (χ3v) is 5.52. The van der Waals surface area contributed by atoms with Gasteiger partial charge in [0.15, 0.2) is 0 Å². The molecular weight excluding hydrogens is 382 g/mol. The molecule has 0 unspecified atom stereocenters. The zero-order chi connectivity index (χ0) is 20.8. The molecule has 2 aliphatic heterocycles. The SMILES string of the molecule is O=C(O[C@H](C(=O)N1CCCC1)c1ccccc1)c1ccc(OC[C@H]2CCCO2)cc1. The first-order valence-electron chi connectivity index (χ1n) is 10.6. The molecule has 0 bridgehead atoms. The molecule has 30 heavy (non-hydrogen) atoms. The summed E-state index contributed by atoms with van der Waals surface area (Å²) < 4.78 is 17.0. The third kappa shape index (κ3) is 5.00. The van der Waals surface area contributed by atoms with E-state index in [1.54, 1.807) is 29.2 Å². The van der Waals surface area contributed by atoms with Crippen LogP contribution in [0.1, 0.15) is 47.7 Å². The quantitative estimate of drug-likeness (QED) is 0.652. The van der Waals surface area contributed by atoms with E-state index < -0.39 is 12.1 Å². The average Bonchev–Trinajstić information content (AvgIpc) is 3.51. The molecule has 1 amide bonds. The number of esters is 1. The van der Waals surface area contributed by atoms with Crippen LogP contribution in [0.4, 0.5) is 0 Å². The summed E-state index contributed by atoms with van der Waals surface area (Å²) in [4.78, 5) is 27.5. The van der Waals surface area contributed by atoms with Gasteiger partial charge in [-0.05, 0) is 49.9 Å². The number of hydrogen-bond donors (Lipinski definition) is 0. The number of ether oxygens (including phenoxy) is 3. The maximum atomic E-state index is 13.0.